The van der Waals surface area contributed by atoms with Crippen LogP contribution in [0.4, 0.5) is 0 Å². The highest BCUT2D eigenvalue weighted by atomic mass is 16.5. The second-order valence-corrected chi connectivity index (χ2v) is 6.49. The number of ether oxygens (including phenoxy) is 1. The average molecular weight is 372 g/mol. The van der Waals surface area contributed by atoms with Crippen LogP contribution in [0.5, 0.6) is 5.75 Å². The lowest BCUT2D eigenvalue weighted by Crippen LogP contribution is -2.28. The third-order valence-electron chi connectivity index (χ3n) is 4.47. The van der Waals surface area contributed by atoms with Gasteiger partial charge in [0.2, 0.25) is 5.91 Å². The van der Waals surface area contributed by atoms with Crippen LogP contribution in [0.1, 0.15) is 16.7 Å². The summed E-state index contributed by atoms with van der Waals surface area (Å²) in [5.41, 5.74) is 3.87. The molecule has 0 radical (unpaired) electrons. The summed E-state index contributed by atoms with van der Waals surface area (Å²) in [5.74, 6) is 0.776. The second-order valence-electron chi connectivity index (χ2n) is 6.49. The normalized spacial score (nSPS) is 10.2. The number of carbonyl (C=O) groups is 1. The van der Waals surface area contributed by atoms with E-state index in [1.54, 1.807) is 19.1 Å². The fourth-order valence-corrected chi connectivity index (χ4v) is 2.90. The number of carbonyl (C=O) groups excluding carboxylic acids is 1. The predicted molar refractivity (Wildman–Crippen MR) is 113 cm³/mol. The number of likely N-dealkylation sites (N-methyl/N-ethyl adjacent to an activating group) is 1. The Labute approximate surface area is 166 Å². The Balaban J connectivity index is 1.73. The first kappa shape index (κ1) is 19.4. The number of benzene rings is 3. The molecule has 0 atom stereocenters. The summed E-state index contributed by atoms with van der Waals surface area (Å²) in [5, 5.41) is 0. The molecule has 4 nitrogen and oxygen atoms in total. The van der Waals surface area contributed by atoms with Gasteiger partial charge in [-0.25, -0.2) is 0 Å². The molecule has 4 heteroatoms. The molecule has 142 valence electrons. The quantitative estimate of drug-likeness (QED) is 0.584. The van der Waals surface area contributed by atoms with E-state index in [-0.39, 0.29) is 12.5 Å². The zero-order valence-electron chi connectivity index (χ0n) is 16.2. The number of aliphatic imine (C=N–C) groups is 1. The minimum atomic E-state index is -0.0276. The van der Waals surface area contributed by atoms with Crippen molar-refractivity contribution in [3.05, 3.63) is 102 Å². The summed E-state index contributed by atoms with van der Waals surface area (Å²) in [6.45, 7) is 0.635. The summed E-state index contributed by atoms with van der Waals surface area (Å²) in [6.07, 6.45) is 0. The topological polar surface area (TPSA) is 41.9 Å². The highest BCUT2D eigenvalue weighted by Crippen LogP contribution is 2.13. The molecule has 3 aromatic rings. The molecular weight excluding hydrogens is 348 g/mol. The maximum absolute atomic E-state index is 12.6. The van der Waals surface area contributed by atoms with E-state index in [0.717, 1.165) is 28.2 Å². The summed E-state index contributed by atoms with van der Waals surface area (Å²) in [7, 11) is 3.44. The van der Waals surface area contributed by atoms with Crippen LogP contribution in [0, 0.1) is 0 Å². The van der Waals surface area contributed by atoms with Gasteiger partial charge >= 0.3 is 0 Å². The largest absolute Gasteiger partial charge is 0.497 e. The van der Waals surface area contributed by atoms with E-state index in [1.807, 2.05) is 84.9 Å². The van der Waals surface area contributed by atoms with Crippen LogP contribution in [0.15, 0.2) is 89.9 Å². The van der Waals surface area contributed by atoms with E-state index in [2.05, 4.69) is 4.99 Å². The van der Waals surface area contributed by atoms with Crippen LogP contribution in [-0.2, 0) is 11.3 Å². The Morgan fingerprint density at radius 3 is 1.89 bits per heavy atom. The molecule has 0 saturated heterocycles. The van der Waals surface area contributed by atoms with E-state index in [1.165, 1.54) is 0 Å². The molecule has 3 aromatic carbocycles. The van der Waals surface area contributed by atoms with Gasteiger partial charge in [-0.15, -0.1) is 0 Å². The van der Waals surface area contributed by atoms with Crippen molar-refractivity contribution in [3.8, 4) is 5.75 Å². The molecule has 1 amide bonds. The second kappa shape index (κ2) is 9.51. The third kappa shape index (κ3) is 5.07. The van der Waals surface area contributed by atoms with Crippen molar-refractivity contribution in [1.82, 2.24) is 4.90 Å². The first-order valence-corrected chi connectivity index (χ1v) is 9.19. The molecule has 0 heterocycles. The fourth-order valence-electron chi connectivity index (χ4n) is 2.90. The summed E-state index contributed by atoms with van der Waals surface area (Å²) in [6, 6.07) is 27.6. The lowest BCUT2D eigenvalue weighted by atomic mass is 10.0. The van der Waals surface area contributed by atoms with Crippen molar-refractivity contribution in [1.29, 1.82) is 0 Å². The van der Waals surface area contributed by atoms with Crippen LogP contribution in [0.25, 0.3) is 0 Å². The van der Waals surface area contributed by atoms with Gasteiger partial charge in [0, 0.05) is 24.7 Å². The first-order valence-electron chi connectivity index (χ1n) is 9.19. The molecular formula is C24H24N2O2. The van der Waals surface area contributed by atoms with Gasteiger partial charge in [-0.05, 0) is 17.7 Å². The SMILES string of the molecule is COc1ccc(CN(C)C(=O)CN=C(c2ccccc2)c2ccccc2)cc1. The van der Waals surface area contributed by atoms with E-state index < -0.39 is 0 Å². The molecule has 0 fully saturated rings. The third-order valence-corrected chi connectivity index (χ3v) is 4.47. The van der Waals surface area contributed by atoms with E-state index in [0.29, 0.717) is 6.54 Å². The number of nitrogens with zero attached hydrogens (tertiary/aromatic N) is 2. The fraction of sp³-hybridized carbons (Fsp3) is 0.167. The van der Waals surface area contributed by atoms with Gasteiger partial charge in [0.25, 0.3) is 0 Å². The molecule has 0 saturated carbocycles. The van der Waals surface area contributed by atoms with Gasteiger partial charge in [0.05, 0.1) is 12.8 Å². The molecule has 0 aliphatic heterocycles. The summed E-state index contributed by atoms with van der Waals surface area (Å²) in [4.78, 5) is 19.0. The standard InChI is InChI=1S/C24H24N2O2/c1-26(18-19-13-15-22(28-2)16-14-19)23(27)17-25-24(20-9-5-3-6-10-20)21-11-7-4-8-12-21/h3-16H,17-18H2,1-2H3. The van der Waals surface area contributed by atoms with Gasteiger partial charge in [-0.1, -0.05) is 72.8 Å². The molecule has 0 aliphatic rings. The number of hydrogen-bond acceptors (Lipinski definition) is 3. The van der Waals surface area contributed by atoms with Crippen molar-refractivity contribution in [2.24, 2.45) is 4.99 Å². The van der Waals surface area contributed by atoms with Crippen molar-refractivity contribution < 1.29 is 9.53 Å². The molecule has 3 rings (SSSR count). The van der Waals surface area contributed by atoms with E-state index in [9.17, 15) is 4.79 Å². The minimum absolute atomic E-state index is 0.0276. The zero-order valence-corrected chi connectivity index (χ0v) is 16.2. The summed E-state index contributed by atoms with van der Waals surface area (Å²) >= 11 is 0. The number of rotatable bonds is 7. The molecule has 0 unspecified atom stereocenters. The number of hydrogen-bond donors (Lipinski definition) is 0. The van der Waals surface area contributed by atoms with E-state index >= 15 is 0 Å². The van der Waals surface area contributed by atoms with Crippen LogP contribution >= 0.6 is 0 Å². The van der Waals surface area contributed by atoms with E-state index in [4.69, 9.17) is 4.74 Å². The molecule has 0 spiro atoms. The molecule has 28 heavy (non-hydrogen) atoms. The predicted octanol–water partition coefficient (Wildman–Crippen LogP) is 4.19. The lowest BCUT2D eigenvalue weighted by molar-refractivity contribution is -0.128. The van der Waals surface area contributed by atoms with Gasteiger partial charge in [0.15, 0.2) is 0 Å². The van der Waals surface area contributed by atoms with Crippen molar-refractivity contribution in [2.45, 2.75) is 6.54 Å². The van der Waals surface area contributed by atoms with Crippen LogP contribution in [0.3, 0.4) is 0 Å². The van der Waals surface area contributed by atoms with Crippen LogP contribution < -0.4 is 4.74 Å². The Kier molecular flexibility index (Phi) is 6.58. The minimum Gasteiger partial charge on any atom is -0.497 e. The molecule has 0 N–H and O–H groups in total. The maximum Gasteiger partial charge on any atom is 0.244 e. The highest BCUT2D eigenvalue weighted by Gasteiger charge is 2.11. The number of amides is 1. The zero-order chi connectivity index (χ0) is 19.8. The van der Waals surface area contributed by atoms with Crippen LogP contribution in [-0.4, -0.2) is 37.2 Å². The lowest BCUT2D eigenvalue weighted by Gasteiger charge is -2.17. The molecule has 0 aromatic heterocycles. The average Bonchev–Trinajstić information content (AvgIpc) is 2.76. The van der Waals surface area contributed by atoms with Gasteiger partial charge in [-0.2, -0.15) is 0 Å². The van der Waals surface area contributed by atoms with Crippen molar-refractivity contribution >= 4 is 11.6 Å². The summed E-state index contributed by atoms with van der Waals surface area (Å²) < 4.78 is 5.17. The highest BCUT2D eigenvalue weighted by molar-refractivity contribution is 6.13. The molecule has 0 aliphatic carbocycles. The van der Waals surface area contributed by atoms with Crippen molar-refractivity contribution in [3.63, 3.8) is 0 Å². The Hall–Kier alpha value is -3.40. The maximum atomic E-state index is 12.6. The Bertz CT molecular complexity index is 878. The monoisotopic (exact) mass is 372 g/mol. The van der Waals surface area contributed by atoms with Crippen molar-refractivity contribution in [2.75, 3.05) is 20.7 Å². The smallest absolute Gasteiger partial charge is 0.244 e. The van der Waals surface area contributed by atoms with Gasteiger partial charge in [0.1, 0.15) is 12.3 Å². The Morgan fingerprint density at radius 2 is 1.39 bits per heavy atom. The molecule has 0 bridgehead atoms. The van der Waals surface area contributed by atoms with Gasteiger partial charge in [-0.3, -0.25) is 9.79 Å². The number of methoxy groups -OCH3 is 1. The van der Waals surface area contributed by atoms with Gasteiger partial charge < -0.3 is 9.64 Å². The van der Waals surface area contributed by atoms with Crippen LogP contribution in [0.2, 0.25) is 0 Å². The Morgan fingerprint density at radius 1 is 0.857 bits per heavy atom. The first-order chi connectivity index (χ1) is 13.7.